The SMILES string of the molecule is CC1/C=C\CCCC(C)(NC(=O)OC(C)(C)C)C(C)[C@@H]1NC(=O)OC(C)(C)C. The smallest absolute Gasteiger partial charge is 0.408 e. The molecule has 2 amide bonds. The fourth-order valence-corrected chi connectivity index (χ4v) is 3.51. The van der Waals surface area contributed by atoms with Gasteiger partial charge in [0.25, 0.3) is 0 Å². The molecular formula is C22H40N2O4. The Hall–Kier alpha value is -1.72. The van der Waals surface area contributed by atoms with Crippen LogP contribution in [0, 0.1) is 11.8 Å². The van der Waals surface area contributed by atoms with Gasteiger partial charge >= 0.3 is 12.2 Å². The van der Waals surface area contributed by atoms with Crippen LogP contribution >= 0.6 is 0 Å². The summed E-state index contributed by atoms with van der Waals surface area (Å²) < 4.78 is 11.0. The molecule has 0 saturated heterocycles. The highest BCUT2D eigenvalue weighted by atomic mass is 16.6. The average molecular weight is 397 g/mol. The topological polar surface area (TPSA) is 76.7 Å². The number of ether oxygens (including phenoxy) is 2. The molecule has 0 aromatic carbocycles. The minimum Gasteiger partial charge on any atom is -0.444 e. The van der Waals surface area contributed by atoms with Crippen LogP contribution in [0.15, 0.2) is 12.2 Å². The second kappa shape index (κ2) is 9.19. The molecule has 1 aliphatic carbocycles. The zero-order chi connectivity index (χ0) is 21.8. The van der Waals surface area contributed by atoms with Crippen molar-refractivity contribution < 1.29 is 19.1 Å². The lowest BCUT2D eigenvalue weighted by Gasteiger charge is -2.42. The molecule has 0 aliphatic heterocycles. The van der Waals surface area contributed by atoms with Crippen molar-refractivity contribution in [2.24, 2.45) is 11.8 Å². The summed E-state index contributed by atoms with van der Waals surface area (Å²) in [5.41, 5.74) is -1.66. The summed E-state index contributed by atoms with van der Waals surface area (Å²) in [4.78, 5) is 25.0. The fraction of sp³-hybridized carbons (Fsp3) is 0.818. The van der Waals surface area contributed by atoms with E-state index in [1.165, 1.54) is 0 Å². The van der Waals surface area contributed by atoms with E-state index in [2.05, 4.69) is 36.6 Å². The van der Waals surface area contributed by atoms with Crippen LogP contribution in [0.2, 0.25) is 0 Å². The summed E-state index contributed by atoms with van der Waals surface area (Å²) in [6.07, 6.45) is 6.08. The van der Waals surface area contributed by atoms with Crippen LogP contribution in [0.4, 0.5) is 9.59 Å². The zero-order valence-corrected chi connectivity index (χ0v) is 19.1. The molecule has 2 N–H and O–H groups in total. The van der Waals surface area contributed by atoms with Crippen molar-refractivity contribution in [2.45, 2.75) is 104 Å². The van der Waals surface area contributed by atoms with E-state index < -0.39 is 28.9 Å². The zero-order valence-electron chi connectivity index (χ0n) is 19.1. The number of amides is 2. The molecule has 6 nitrogen and oxygen atoms in total. The van der Waals surface area contributed by atoms with Crippen molar-refractivity contribution >= 4 is 12.2 Å². The van der Waals surface area contributed by atoms with Crippen LogP contribution in [0.5, 0.6) is 0 Å². The highest BCUT2D eigenvalue weighted by Crippen LogP contribution is 2.32. The number of alkyl carbamates (subject to hydrolysis) is 2. The summed E-state index contributed by atoms with van der Waals surface area (Å²) in [6.45, 7) is 17.2. The Kier molecular flexibility index (Phi) is 7.98. The maximum absolute atomic E-state index is 12.5. The van der Waals surface area contributed by atoms with Crippen molar-refractivity contribution in [3.8, 4) is 0 Å². The first-order valence-electron chi connectivity index (χ1n) is 10.3. The van der Waals surface area contributed by atoms with Crippen LogP contribution in [0.3, 0.4) is 0 Å². The van der Waals surface area contributed by atoms with Gasteiger partial charge in [0.15, 0.2) is 0 Å². The molecule has 0 spiro atoms. The van der Waals surface area contributed by atoms with Crippen molar-refractivity contribution in [1.82, 2.24) is 10.6 Å². The number of carbonyl (C=O) groups excluding carboxylic acids is 2. The quantitative estimate of drug-likeness (QED) is 0.631. The van der Waals surface area contributed by atoms with Crippen LogP contribution in [-0.2, 0) is 9.47 Å². The van der Waals surface area contributed by atoms with Gasteiger partial charge in [-0.15, -0.1) is 0 Å². The Morgan fingerprint density at radius 2 is 1.54 bits per heavy atom. The minimum absolute atomic E-state index is 0.0368. The van der Waals surface area contributed by atoms with Crippen molar-refractivity contribution in [2.75, 3.05) is 0 Å². The average Bonchev–Trinajstić information content (AvgIpc) is 2.50. The molecule has 162 valence electrons. The molecule has 0 fully saturated rings. The van der Waals surface area contributed by atoms with Crippen LogP contribution < -0.4 is 10.6 Å². The second-order valence-electron chi connectivity index (χ2n) is 10.2. The number of hydrogen-bond donors (Lipinski definition) is 2. The van der Waals surface area contributed by atoms with Gasteiger partial charge < -0.3 is 20.1 Å². The highest BCUT2D eigenvalue weighted by molar-refractivity contribution is 5.69. The molecular weight excluding hydrogens is 356 g/mol. The predicted octanol–water partition coefficient (Wildman–Crippen LogP) is 5.18. The number of nitrogens with one attached hydrogen (secondary N) is 2. The first-order valence-corrected chi connectivity index (χ1v) is 10.3. The first kappa shape index (κ1) is 24.3. The molecule has 0 saturated carbocycles. The van der Waals surface area contributed by atoms with Crippen LogP contribution in [0.25, 0.3) is 0 Å². The molecule has 0 bridgehead atoms. The molecule has 0 heterocycles. The minimum atomic E-state index is -0.566. The standard InChI is InChI=1S/C22H40N2O4/c1-15-13-11-10-12-14-22(9,24-19(26)28-21(6,7)8)16(2)17(15)23-18(25)27-20(3,4)5/h11,13,15-17H,10,12,14H2,1-9H3,(H,23,25)(H,24,26)/b13-11-/t15?,16?,17-,22?/m1/s1. The monoisotopic (exact) mass is 396 g/mol. The lowest BCUT2D eigenvalue weighted by molar-refractivity contribution is 0.0348. The molecule has 28 heavy (non-hydrogen) atoms. The summed E-state index contributed by atoms with van der Waals surface area (Å²) in [7, 11) is 0. The maximum Gasteiger partial charge on any atom is 0.408 e. The van der Waals surface area contributed by atoms with E-state index in [9.17, 15) is 9.59 Å². The van der Waals surface area contributed by atoms with E-state index >= 15 is 0 Å². The Morgan fingerprint density at radius 1 is 1.00 bits per heavy atom. The van der Waals surface area contributed by atoms with E-state index in [-0.39, 0.29) is 17.9 Å². The van der Waals surface area contributed by atoms with Crippen LogP contribution in [-0.4, -0.2) is 35.0 Å². The third-order valence-electron chi connectivity index (χ3n) is 5.09. The fourth-order valence-electron chi connectivity index (χ4n) is 3.51. The van der Waals surface area contributed by atoms with Gasteiger partial charge in [-0.3, -0.25) is 0 Å². The van der Waals surface area contributed by atoms with Gasteiger partial charge in [-0.05, 0) is 79.6 Å². The Morgan fingerprint density at radius 3 is 2.07 bits per heavy atom. The van der Waals surface area contributed by atoms with Crippen molar-refractivity contribution in [3.63, 3.8) is 0 Å². The van der Waals surface area contributed by atoms with Crippen molar-refractivity contribution in [3.05, 3.63) is 12.2 Å². The third kappa shape index (κ3) is 8.11. The largest absolute Gasteiger partial charge is 0.444 e. The van der Waals surface area contributed by atoms with E-state index in [1.54, 1.807) is 0 Å². The summed E-state index contributed by atoms with van der Waals surface area (Å²) in [6, 6.07) is -0.191. The lowest BCUT2D eigenvalue weighted by Crippen LogP contribution is -2.59. The molecule has 6 heteroatoms. The molecule has 3 unspecified atom stereocenters. The summed E-state index contributed by atoms with van der Waals surface area (Å²) >= 11 is 0. The third-order valence-corrected chi connectivity index (χ3v) is 5.09. The first-order chi connectivity index (χ1) is 12.6. The Bertz CT molecular complexity index is 574. The maximum atomic E-state index is 12.5. The summed E-state index contributed by atoms with van der Waals surface area (Å²) in [5, 5.41) is 6.13. The predicted molar refractivity (Wildman–Crippen MR) is 112 cm³/mol. The molecule has 0 aromatic rings. The van der Waals surface area contributed by atoms with Gasteiger partial charge in [0.2, 0.25) is 0 Å². The summed E-state index contributed by atoms with van der Waals surface area (Å²) in [5.74, 6) is 0.0608. The normalized spacial score (nSPS) is 30.2. The number of hydrogen-bond acceptors (Lipinski definition) is 4. The molecule has 0 aromatic heterocycles. The highest BCUT2D eigenvalue weighted by Gasteiger charge is 2.41. The van der Waals surface area contributed by atoms with E-state index in [0.717, 1.165) is 19.3 Å². The van der Waals surface area contributed by atoms with E-state index in [1.807, 2.05) is 48.5 Å². The van der Waals surface area contributed by atoms with Gasteiger partial charge in [-0.25, -0.2) is 9.59 Å². The molecule has 0 radical (unpaired) electrons. The lowest BCUT2D eigenvalue weighted by atomic mass is 9.75. The van der Waals surface area contributed by atoms with Gasteiger partial charge in [0, 0.05) is 11.6 Å². The van der Waals surface area contributed by atoms with Gasteiger partial charge in [-0.1, -0.05) is 26.0 Å². The molecule has 4 atom stereocenters. The Balaban J connectivity index is 3.06. The van der Waals surface area contributed by atoms with Gasteiger partial charge in [0.1, 0.15) is 11.2 Å². The number of carbonyl (C=O) groups is 2. The van der Waals surface area contributed by atoms with Crippen LogP contribution in [0.1, 0.15) is 81.6 Å². The second-order valence-corrected chi connectivity index (χ2v) is 10.2. The Labute approximate surface area is 170 Å². The molecule has 1 rings (SSSR count). The van der Waals surface area contributed by atoms with Crippen molar-refractivity contribution in [1.29, 1.82) is 0 Å². The van der Waals surface area contributed by atoms with E-state index in [4.69, 9.17) is 9.47 Å². The number of rotatable bonds is 2. The number of allylic oxidation sites excluding steroid dienone is 1. The molecule has 1 aliphatic rings. The van der Waals surface area contributed by atoms with Gasteiger partial charge in [-0.2, -0.15) is 0 Å². The van der Waals surface area contributed by atoms with E-state index in [0.29, 0.717) is 0 Å². The van der Waals surface area contributed by atoms with Gasteiger partial charge in [0.05, 0.1) is 0 Å².